The second kappa shape index (κ2) is 5.72. The highest BCUT2D eigenvalue weighted by Crippen LogP contribution is 2.23. The lowest BCUT2D eigenvalue weighted by atomic mass is 10.2. The SMILES string of the molecule is Cc1cc(F)cc(NS(=O)(=O)c2ccc(C#N)c(Cl)c2)c1. The molecule has 0 amide bonds. The maximum Gasteiger partial charge on any atom is 0.261 e. The van der Waals surface area contributed by atoms with Gasteiger partial charge in [-0.25, -0.2) is 12.8 Å². The summed E-state index contributed by atoms with van der Waals surface area (Å²) in [4.78, 5) is -0.103. The van der Waals surface area contributed by atoms with Gasteiger partial charge < -0.3 is 0 Å². The molecule has 0 aliphatic rings. The highest BCUT2D eigenvalue weighted by molar-refractivity contribution is 7.92. The fourth-order valence-electron chi connectivity index (χ4n) is 1.76. The van der Waals surface area contributed by atoms with Gasteiger partial charge in [0.2, 0.25) is 0 Å². The van der Waals surface area contributed by atoms with Crippen LogP contribution >= 0.6 is 11.6 Å². The third kappa shape index (κ3) is 3.51. The Morgan fingerprint density at radius 3 is 2.52 bits per heavy atom. The smallest absolute Gasteiger partial charge is 0.261 e. The molecule has 0 spiro atoms. The molecule has 1 N–H and O–H groups in total. The molecular weight excluding hydrogens is 315 g/mol. The molecular formula is C14H10ClFN2O2S. The van der Waals surface area contributed by atoms with Crippen molar-refractivity contribution < 1.29 is 12.8 Å². The number of rotatable bonds is 3. The van der Waals surface area contributed by atoms with E-state index in [-0.39, 0.29) is 21.2 Å². The van der Waals surface area contributed by atoms with Crippen LogP contribution in [-0.2, 0) is 10.0 Å². The lowest BCUT2D eigenvalue weighted by Crippen LogP contribution is -2.13. The number of halogens is 2. The molecule has 0 fully saturated rings. The van der Waals surface area contributed by atoms with Gasteiger partial charge >= 0.3 is 0 Å². The van der Waals surface area contributed by atoms with E-state index in [9.17, 15) is 12.8 Å². The van der Waals surface area contributed by atoms with Gasteiger partial charge in [0.15, 0.2) is 0 Å². The van der Waals surface area contributed by atoms with Gasteiger partial charge in [-0.1, -0.05) is 11.6 Å². The summed E-state index contributed by atoms with van der Waals surface area (Å²) in [7, 11) is -3.90. The second-order valence-corrected chi connectivity index (χ2v) is 6.47. The van der Waals surface area contributed by atoms with Crippen LogP contribution in [0, 0.1) is 24.1 Å². The zero-order valence-corrected chi connectivity index (χ0v) is 12.5. The van der Waals surface area contributed by atoms with Crippen LogP contribution in [0.3, 0.4) is 0 Å². The molecule has 0 bridgehead atoms. The van der Waals surface area contributed by atoms with Crippen molar-refractivity contribution in [3.63, 3.8) is 0 Å². The third-order valence-electron chi connectivity index (χ3n) is 2.67. The Bertz CT molecular complexity index is 824. The minimum Gasteiger partial charge on any atom is -0.280 e. The zero-order chi connectivity index (χ0) is 15.6. The number of nitriles is 1. The number of nitrogens with zero attached hydrogens (tertiary/aromatic N) is 1. The molecule has 21 heavy (non-hydrogen) atoms. The van der Waals surface area contributed by atoms with Gasteiger partial charge in [-0.15, -0.1) is 0 Å². The molecule has 0 radical (unpaired) electrons. The van der Waals surface area contributed by atoms with E-state index in [0.29, 0.717) is 5.56 Å². The molecule has 108 valence electrons. The van der Waals surface area contributed by atoms with Crippen molar-refractivity contribution in [2.24, 2.45) is 0 Å². The fourth-order valence-corrected chi connectivity index (χ4v) is 3.12. The first-order chi connectivity index (χ1) is 9.81. The Morgan fingerprint density at radius 2 is 1.95 bits per heavy atom. The number of benzene rings is 2. The lowest BCUT2D eigenvalue weighted by Gasteiger charge is -2.09. The van der Waals surface area contributed by atoms with Gasteiger partial charge in [0.1, 0.15) is 11.9 Å². The molecule has 2 aromatic carbocycles. The first-order valence-corrected chi connectivity index (χ1v) is 7.67. The van der Waals surface area contributed by atoms with Crippen molar-refractivity contribution in [3.8, 4) is 6.07 Å². The number of nitrogens with one attached hydrogen (secondary N) is 1. The largest absolute Gasteiger partial charge is 0.280 e. The lowest BCUT2D eigenvalue weighted by molar-refractivity contribution is 0.601. The first-order valence-electron chi connectivity index (χ1n) is 5.81. The van der Waals surface area contributed by atoms with Crippen LogP contribution in [-0.4, -0.2) is 8.42 Å². The number of hydrogen-bond acceptors (Lipinski definition) is 3. The molecule has 0 saturated carbocycles. The number of anilines is 1. The summed E-state index contributed by atoms with van der Waals surface area (Å²) in [5.41, 5.74) is 0.885. The van der Waals surface area contributed by atoms with E-state index < -0.39 is 15.8 Å². The van der Waals surface area contributed by atoms with Gasteiger partial charge in [-0.05, 0) is 48.9 Å². The fraction of sp³-hybridized carbons (Fsp3) is 0.0714. The predicted molar refractivity (Wildman–Crippen MR) is 78.1 cm³/mol. The monoisotopic (exact) mass is 324 g/mol. The first kappa shape index (κ1) is 15.3. The quantitative estimate of drug-likeness (QED) is 0.940. The van der Waals surface area contributed by atoms with Crippen molar-refractivity contribution in [3.05, 3.63) is 58.4 Å². The summed E-state index contributed by atoms with van der Waals surface area (Å²) in [6, 6.07) is 9.47. The van der Waals surface area contributed by atoms with E-state index >= 15 is 0 Å². The predicted octanol–water partition coefficient (Wildman–Crippen LogP) is 3.46. The summed E-state index contributed by atoms with van der Waals surface area (Å²) in [6.07, 6.45) is 0. The van der Waals surface area contributed by atoms with Crippen molar-refractivity contribution in [1.29, 1.82) is 5.26 Å². The molecule has 0 aliphatic heterocycles. The average molecular weight is 325 g/mol. The van der Waals surface area contributed by atoms with Gasteiger partial charge in [-0.2, -0.15) is 5.26 Å². The van der Waals surface area contributed by atoms with Crippen molar-refractivity contribution in [1.82, 2.24) is 0 Å². The van der Waals surface area contributed by atoms with E-state index in [0.717, 1.165) is 6.07 Å². The normalized spacial score (nSPS) is 11.0. The molecule has 0 atom stereocenters. The van der Waals surface area contributed by atoms with Crippen LogP contribution in [0.25, 0.3) is 0 Å². The van der Waals surface area contributed by atoms with E-state index in [1.165, 1.54) is 30.3 Å². The molecule has 7 heteroatoms. The van der Waals surface area contributed by atoms with Gasteiger partial charge in [0, 0.05) is 0 Å². The highest BCUT2D eigenvalue weighted by Gasteiger charge is 2.16. The van der Waals surface area contributed by atoms with Crippen LogP contribution in [0.15, 0.2) is 41.3 Å². The summed E-state index contributed by atoms with van der Waals surface area (Å²) in [5.74, 6) is -0.537. The second-order valence-electron chi connectivity index (χ2n) is 4.38. The summed E-state index contributed by atoms with van der Waals surface area (Å²) in [5, 5.41) is 8.80. The Labute approximate surface area is 126 Å². The highest BCUT2D eigenvalue weighted by atomic mass is 35.5. The van der Waals surface area contributed by atoms with Crippen LogP contribution in [0.2, 0.25) is 5.02 Å². The molecule has 0 aromatic heterocycles. The Hall–Kier alpha value is -2.10. The summed E-state index contributed by atoms with van der Waals surface area (Å²) >= 11 is 5.81. The standard InChI is InChI=1S/C14H10ClFN2O2S/c1-9-4-11(16)6-12(5-9)18-21(19,20)13-3-2-10(8-17)14(15)7-13/h2-7,18H,1H3. The average Bonchev–Trinajstić information content (AvgIpc) is 2.36. The van der Waals surface area contributed by atoms with Crippen LogP contribution in [0.4, 0.5) is 10.1 Å². The maximum absolute atomic E-state index is 13.3. The minimum absolute atomic E-state index is 0.0378. The Morgan fingerprint density at radius 1 is 1.24 bits per heavy atom. The Balaban J connectivity index is 2.39. The number of aryl methyl sites for hydroxylation is 1. The van der Waals surface area contributed by atoms with Crippen LogP contribution in [0.1, 0.15) is 11.1 Å². The van der Waals surface area contributed by atoms with E-state index in [1.807, 2.05) is 6.07 Å². The molecule has 0 aliphatic carbocycles. The van der Waals surface area contributed by atoms with Crippen molar-refractivity contribution in [2.75, 3.05) is 4.72 Å². The van der Waals surface area contributed by atoms with Gasteiger partial charge in [-0.3, -0.25) is 4.72 Å². The minimum atomic E-state index is -3.90. The van der Waals surface area contributed by atoms with E-state index in [2.05, 4.69) is 4.72 Å². The van der Waals surface area contributed by atoms with Crippen molar-refractivity contribution in [2.45, 2.75) is 11.8 Å². The van der Waals surface area contributed by atoms with E-state index in [4.69, 9.17) is 16.9 Å². The molecule has 2 rings (SSSR count). The molecule has 4 nitrogen and oxygen atoms in total. The Kier molecular flexibility index (Phi) is 4.16. The zero-order valence-electron chi connectivity index (χ0n) is 10.9. The third-order valence-corrected chi connectivity index (χ3v) is 4.36. The van der Waals surface area contributed by atoms with Crippen LogP contribution in [0.5, 0.6) is 0 Å². The molecule has 2 aromatic rings. The number of hydrogen-bond donors (Lipinski definition) is 1. The summed E-state index contributed by atoms with van der Waals surface area (Å²) in [6.45, 7) is 1.65. The van der Waals surface area contributed by atoms with Gasteiger partial charge in [0.05, 0.1) is 21.2 Å². The van der Waals surface area contributed by atoms with Crippen LogP contribution < -0.4 is 4.72 Å². The summed E-state index contributed by atoms with van der Waals surface area (Å²) < 4.78 is 39.9. The number of sulfonamides is 1. The maximum atomic E-state index is 13.3. The van der Waals surface area contributed by atoms with E-state index in [1.54, 1.807) is 6.92 Å². The molecule has 0 saturated heterocycles. The van der Waals surface area contributed by atoms with Gasteiger partial charge in [0.25, 0.3) is 10.0 Å². The van der Waals surface area contributed by atoms with Crippen molar-refractivity contribution >= 4 is 27.3 Å². The molecule has 0 unspecified atom stereocenters. The molecule has 0 heterocycles. The topological polar surface area (TPSA) is 70.0 Å².